The summed E-state index contributed by atoms with van der Waals surface area (Å²) in [5.41, 5.74) is 4.64. The van der Waals surface area contributed by atoms with Crippen LogP contribution in [0.4, 0.5) is 4.39 Å². The van der Waals surface area contributed by atoms with E-state index in [0.717, 1.165) is 27.8 Å². The highest BCUT2D eigenvalue weighted by Gasteiger charge is 2.45. The van der Waals surface area contributed by atoms with Gasteiger partial charge < -0.3 is 4.90 Å². The lowest BCUT2D eigenvalue weighted by molar-refractivity contribution is -0.143. The average molecular weight is 558 g/mol. The standard InChI is InChI=1S/C31H29ClFN5O2/c1-19-8-10-21(11-9-19)16-27(39)30-22-7-5-6-20(2)24(22)17-31(3,4)38(30)28(40)15-12-23-26(37-18-34-35-36-37)14-13-25(32)29(23)33/h5-15,18,30H,16-17H2,1-4H3/b15-12+. The van der Waals surface area contributed by atoms with Crippen LogP contribution in [-0.2, 0) is 22.4 Å². The van der Waals surface area contributed by atoms with Crippen molar-refractivity contribution in [3.05, 3.63) is 111 Å². The molecule has 0 aliphatic carbocycles. The molecule has 1 amide bonds. The highest BCUT2D eigenvalue weighted by Crippen LogP contribution is 2.41. The SMILES string of the molecule is Cc1ccc(CC(=O)C2c3cccc(C)c3CC(C)(C)N2C(=O)/C=C/c2c(-n3cnnn3)ccc(Cl)c2F)cc1. The molecule has 0 saturated heterocycles. The second-order valence-corrected chi connectivity index (χ2v) is 11.2. The first-order valence-corrected chi connectivity index (χ1v) is 13.3. The molecule has 0 spiro atoms. The zero-order chi connectivity index (χ0) is 28.6. The van der Waals surface area contributed by atoms with Crippen LogP contribution in [-0.4, -0.2) is 42.3 Å². The Morgan fingerprint density at radius 2 is 1.85 bits per heavy atom. The molecule has 0 fully saturated rings. The van der Waals surface area contributed by atoms with Crippen molar-refractivity contribution in [3.8, 4) is 5.69 Å². The van der Waals surface area contributed by atoms with E-state index >= 15 is 4.39 Å². The highest BCUT2D eigenvalue weighted by atomic mass is 35.5. The van der Waals surface area contributed by atoms with Crippen molar-refractivity contribution in [2.24, 2.45) is 0 Å². The Bertz CT molecular complexity index is 1610. The number of rotatable bonds is 6. The summed E-state index contributed by atoms with van der Waals surface area (Å²) >= 11 is 6.07. The van der Waals surface area contributed by atoms with Crippen molar-refractivity contribution in [1.82, 2.24) is 25.1 Å². The molecule has 4 aromatic rings. The van der Waals surface area contributed by atoms with Crippen LogP contribution in [0.2, 0.25) is 5.02 Å². The van der Waals surface area contributed by atoms with Crippen molar-refractivity contribution >= 4 is 29.4 Å². The van der Waals surface area contributed by atoms with Crippen LogP contribution in [0, 0.1) is 19.7 Å². The van der Waals surface area contributed by atoms with Gasteiger partial charge in [-0.05, 0) is 85.0 Å². The third kappa shape index (κ3) is 5.19. The number of nitrogens with zero attached hydrogens (tertiary/aromatic N) is 5. The Labute approximate surface area is 237 Å². The molecule has 1 aliphatic rings. The third-order valence-corrected chi connectivity index (χ3v) is 7.69. The number of carbonyl (C=O) groups is 2. The van der Waals surface area contributed by atoms with Crippen molar-refractivity contribution in [2.75, 3.05) is 0 Å². The summed E-state index contributed by atoms with van der Waals surface area (Å²) in [6, 6.07) is 15.8. The highest BCUT2D eigenvalue weighted by molar-refractivity contribution is 6.31. The summed E-state index contributed by atoms with van der Waals surface area (Å²) in [5.74, 6) is -1.21. The molecule has 40 heavy (non-hydrogen) atoms. The maximum atomic E-state index is 15.2. The number of aryl methyl sites for hydroxylation is 2. The predicted octanol–water partition coefficient (Wildman–Crippen LogP) is 5.80. The van der Waals surface area contributed by atoms with E-state index in [-0.39, 0.29) is 22.8 Å². The van der Waals surface area contributed by atoms with Crippen molar-refractivity contribution < 1.29 is 14.0 Å². The summed E-state index contributed by atoms with van der Waals surface area (Å²) < 4.78 is 16.5. The first-order valence-electron chi connectivity index (χ1n) is 13.0. The van der Waals surface area contributed by atoms with Gasteiger partial charge in [0.25, 0.3) is 0 Å². The number of ketones is 1. The van der Waals surface area contributed by atoms with Gasteiger partial charge >= 0.3 is 0 Å². The zero-order valence-electron chi connectivity index (χ0n) is 22.7. The number of aromatic nitrogens is 4. The lowest BCUT2D eigenvalue weighted by atomic mass is 9.77. The molecule has 1 aromatic heterocycles. The maximum absolute atomic E-state index is 15.2. The number of fused-ring (bicyclic) bond motifs is 1. The van der Waals surface area contributed by atoms with Crippen LogP contribution in [0.3, 0.4) is 0 Å². The van der Waals surface area contributed by atoms with Gasteiger partial charge in [-0.2, -0.15) is 4.68 Å². The van der Waals surface area contributed by atoms with Crippen LogP contribution in [0.1, 0.15) is 53.3 Å². The molecule has 2 heterocycles. The van der Waals surface area contributed by atoms with Crippen LogP contribution in [0.25, 0.3) is 11.8 Å². The fourth-order valence-electron chi connectivity index (χ4n) is 5.40. The maximum Gasteiger partial charge on any atom is 0.247 e. The van der Waals surface area contributed by atoms with Gasteiger partial charge in [-0.3, -0.25) is 9.59 Å². The minimum absolute atomic E-state index is 0.0572. The number of carbonyl (C=O) groups excluding carboxylic acids is 2. The molecule has 1 unspecified atom stereocenters. The third-order valence-electron chi connectivity index (χ3n) is 7.40. The largest absolute Gasteiger partial charge is 0.320 e. The zero-order valence-corrected chi connectivity index (χ0v) is 23.5. The molecule has 9 heteroatoms. The molecule has 204 valence electrons. The Morgan fingerprint density at radius 3 is 2.55 bits per heavy atom. The molecule has 0 saturated carbocycles. The number of hydrogen-bond donors (Lipinski definition) is 0. The molecule has 7 nitrogen and oxygen atoms in total. The topological polar surface area (TPSA) is 81.0 Å². The van der Waals surface area contributed by atoms with Gasteiger partial charge in [0, 0.05) is 23.6 Å². The molecule has 1 aliphatic heterocycles. The number of Topliss-reactive ketones (excluding diaryl/α,β-unsaturated/α-hetero) is 1. The van der Waals surface area contributed by atoms with Gasteiger partial charge in [0.1, 0.15) is 12.4 Å². The normalized spacial score (nSPS) is 16.2. The number of hydrogen-bond acceptors (Lipinski definition) is 5. The van der Waals surface area contributed by atoms with E-state index in [9.17, 15) is 9.59 Å². The second kappa shape index (κ2) is 10.8. The Morgan fingerprint density at radius 1 is 1.10 bits per heavy atom. The van der Waals surface area contributed by atoms with Crippen LogP contribution >= 0.6 is 11.6 Å². The van der Waals surface area contributed by atoms with E-state index in [1.54, 1.807) is 11.0 Å². The van der Waals surface area contributed by atoms with Gasteiger partial charge in [-0.15, -0.1) is 5.10 Å². The summed E-state index contributed by atoms with van der Waals surface area (Å²) in [6.45, 7) is 7.92. The van der Waals surface area contributed by atoms with Crippen molar-refractivity contribution in [3.63, 3.8) is 0 Å². The molecule has 0 bridgehead atoms. The quantitative estimate of drug-likeness (QED) is 0.280. The van der Waals surface area contributed by atoms with Crippen molar-refractivity contribution in [2.45, 2.75) is 52.1 Å². The molecule has 0 radical (unpaired) electrons. The van der Waals surface area contributed by atoms with Gasteiger partial charge in [-0.25, -0.2) is 4.39 Å². The van der Waals surface area contributed by atoms with E-state index in [2.05, 4.69) is 15.5 Å². The van der Waals surface area contributed by atoms with E-state index in [1.807, 2.05) is 70.2 Å². The Hall–Kier alpha value is -4.17. The minimum Gasteiger partial charge on any atom is -0.320 e. The second-order valence-electron chi connectivity index (χ2n) is 10.8. The lowest BCUT2D eigenvalue weighted by Gasteiger charge is -2.48. The summed E-state index contributed by atoms with van der Waals surface area (Å²) in [5, 5.41) is 11.0. The van der Waals surface area contributed by atoms with Crippen molar-refractivity contribution in [1.29, 1.82) is 0 Å². The molecule has 1 atom stereocenters. The fraction of sp³-hybridized carbons (Fsp3) is 0.258. The van der Waals surface area contributed by atoms with Gasteiger partial charge in [-0.1, -0.05) is 59.6 Å². The summed E-state index contributed by atoms with van der Waals surface area (Å²) in [4.78, 5) is 29.6. The lowest BCUT2D eigenvalue weighted by Crippen LogP contribution is -2.55. The first-order chi connectivity index (χ1) is 19.1. The first kappa shape index (κ1) is 27.4. The summed E-state index contributed by atoms with van der Waals surface area (Å²) in [6.07, 6.45) is 4.73. The minimum atomic E-state index is -0.805. The van der Waals surface area contributed by atoms with E-state index < -0.39 is 23.3 Å². The molecule has 0 N–H and O–H groups in total. The predicted molar refractivity (Wildman–Crippen MR) is 152 cm³/mol. The Kier molecular flexibility index (Phi) is 7.38. The smallest absolute Gasteiger partial charge is 0.247 e. The van der Waals surface area contributed by atoms with Crippen LogP contribution in [0.15, 0.2) is 67.0 Å². The number of halogens is 2. The van der Waals surface area contributed by atoms with E-state index in [0.29, 0.717) is 12.1 Å². The number of tetrazole rings is 1. The van der Waals surface area contributed by atoms with Crippen LogP contribution < -0.4 is 0 Å². The number of amides is 1. The molecular formula is C31H29ClFN5O2. The van der Waals surface area contributed by atoms with Gasteiger partial charge in [0.2, 0.25) is 5.91 Å². The fourth-order valence-corrected chi connectivity index (χ4v) is 5.56. The van der Waals surface area contributed by atoms with Gasteiger partial charge in [0.15, 0.2) is 11.6 Å². The van der Waals surface area contributed by atoms with Gasteiger partial charge in [0.05, 0.1) is 10.7 Å². The molecule has 3 aromatic carbocycles. The Balaban J connectivity index is 1.56. The van der Waals surface area contributed by atoms with Crippen LogP contribution in [0.5, 0.6) is 0 Å². The van der Waals surface area contributed by atoms with E-state index in [4.69, 9.17) is 11.6 Å². The van der Waals surface area contributed by atoms with E-state index in [1.165, 1.54) is 29.2 Å². The molecule has 5 rings (SSSR count). The monoisotopic (exact) mass is 557 g/mol. The summed E-state index contributed by atoms with van der Waals surface area (Å²) in [7, 11) is 0. The number of benzene rings is 3. The molecular weight excluding hydrogens is 529 g/mol. The average Bonchev–Trinajstić information content (AvgIpc) is 3.45.